The lowest BCUT2D eigenvalue weighted by atomic mass is 10.1. The molecule has 1 aromatic carbocycles. The summed E-state index contributed by atoms with van der Waals surface area (Å²) in [5.41, 5.74) is -0.762. The minimum absolute atomic E-state index is 0.238. The third-order valence-electron chi connectivity index (χ3n) is 3.14. The van der Waals surface area contributed by atoms with Gasteiger partial charge in [-0.1, -0.05) is 6.07 Å². The number of carbonyl (C=O) groups excluding carboxylic acids is 1. The Bertz CT molecular complexity index is 608. The normalized spacial score (nSPS) is 11.4. The van der Waals surface area contributed by atoms with Gasteiger partial charge in [-0.15, -0.1) is 11.3 Å². The first-order chi connectivity index (χ1) is 9.95. The summed E-state index contributed by atoms with van der Waals surface area (Å²) in [4.78, 5) is 13.7. The number of anilines is 1. The van der Waals surface area contributed by atoms with Crippen molar-refractivity contribution in [1.82, 2.24) is 0 Å². The SMILES string of the molecule is CCN(Cc1cccs1)c1ccc(C=O)c(C(F)(F)F)c1. The Morgan fingerprint density at radius 3 is 2.57 bits per heavy atom. The van der Waals surface area contributed by atoms with Crippen LogP contribution in [0.4, 0.5) is 18.9 Å². The summed E-state index contributed by atoms with van der Waals surface area (Å²) >= 11 is 1.56. The van der Waals surface area contributed by atoms with E-state index in [0.29, 0.717) is 18.8 Å². The topological polar surface area (TPSA) is 20.3 Å². The van der Waals surface area contributed by atoms with Gasteiger partial charge >= 0.3 is 6.18 Å². The predicted molar refractivity (Wildman–Crippen MR) is 77.9 cm³/mol. The number of nitrogens with zero attached hydrogens (tertiary/aromatic N) is 1. The first-order valence-electron chi connectivity index (χ1n) is 6.39. The maximum Gasteiger partial charge on any atom is 0.417 e. The van der Waals surface area contributed by atoms with Gasteiger partial charge < -0.3 is 4.90 Å². The van der Waals surface area contributed by atoms with Crippen LogP contribution in [0.1, 0.15) is 27.7 Å². The highest BCUT2D eigenvalue weighted by Gasteiger charge is 2.33. The molecule has 6 heteroatoms. The summed E-state index contributed by atoms with van der Waals surface area (Å²) in [6, 6.07) is 7.67. The molecule has 0 aliphatic carbocycles. The van der Waals surface area contributed by atoms with Crippen molar-refractivity contribution >= 4 is 23.3 Å². The molecule has 21 heavy (non-hydrogen) atoms. The monoisotopic (exact) mass is 313 g/mol. The predicted octanol–water partition coefficient (Wildman–Crippen LogP) is 4.61. The van der Waals surface area contributed by atoms with Gasteiger partial charge in [-0.25, -0.2) is 0 Å². The van der Waals surface area contributed by atoms with Crippen molar-refractivity contribution < 1.29 is 18.0 Å². The number of aldehydes is 1. The van der Waals surface area contributed by atoms with E-state index in [4.69, 9.17) is 0 Å². The van der Waals surface area contributed by atoms with Crippen LogP contribution in [0, 0.1) is 0 Å². The fourth-order valence-electron chi connectivity index (χ4n) is 2.07. The second kappa shape index (κ2) is 6.30. The first kappa shape index (κ1) is 15.6. The molecule has 0 fully saturated rings. The van der Waals surface area contributed by atoms with E-state index in [1.54, 1.807) is 17.4 Å². The lowest BCUT2D eigenvalue weighted by Crippen LogP contribution is -2.22. The Morgan fingerprint density at radius 1 is 1.29 bits per heavy atom. The van der Waals surface area contributed by atoms with E-state index in [9.17, 15) is 18.0 Å². The molecule has 0 bridgehead atoms. The molecule has 0 aliphatic rings. The third-order valence-corrected chi connectivity index (χ3v) is 4.00. The Kier molecular flexibility index (Phi) is 4.67. The van der Waals surface area contributed by atoms with Gasteiger partial charge in [-0.2, -0.15) is 13.2 Å². The third kappa shape index (κ3) is 3.64. The highest BCUT2D eigenvalue weighted by molar-refractivity contribution is 7.09. The van der Waals surface area contributed by atoms with Gasteiger partial charge in [-0.3, -0.25) is 4.79 Å². The second-order valence-corrected chi connectivity index (χ2v) is 5.51. The highest BCUT2D eigenvalue weighted by Crippen LogP contribution is 2.34. The number of rotatable bonds is 5. The van der Waals surface area contributed by atoms with Crippen LogP contribution in [0.3, 0.4) is 0 Å². The number of hydrogen-bond acceptors (Lipinski definition) is 3. The summed E-state index contributed by atoms with van der Waals surface area (Å²) in [7, 11) is 0. The summed E-state index contributed by atoms with van der Waals surface area (Å²) in [6.45, 7) is 3.01. The van der Waals surface area contributed by atoms with Crippen molar-refractivity contribution in [2.24, 2.45) is 0 Å². The Labute approximate surface area is 124 Å². The molecular formula is C15H14F3NOS. The van der Waals surface area contributed by atoms with E-state index < -0.39 is 11.7 Å². The fourth-order valence-corrected chi connectivity index (χ4v) is 2.78. The van der Waals surface area contributed by atoms with E-state index in [1.807, 2.05) is 29.3 Å². The fraction of sp³-hybridized carbons (Fsp3) is 0.267. The van der Waals surface area contributed by atoms with Gasteiger partial charge in [0.05, 0.1) is 12.1 Å². The van der Waals surface area contributed by atoms with E-state index in [-0.39, 0.29) is 11.8 Å². The van der Waals surface area contributed by atoms with Crippen LogP contribution in [0.25, 0.3) is 0 Å². The molecule has 1 heterocycles. The quantitative estimate of drug-likeness (QED) is 0.752. The highest BCUT2D eigenvalue weighted by atomic mass is 32.1. The Hall–Kier alpha value is -1.82. The van der Waals surface area contributed by atoms with Crippen LogP contribution in [0.5, 0.6) is 0 Å². The number of alkyl halides is 3. The molecule has 2 aromatic rings. The van der Waals surface area contributed by atoms with Crippen LogP contribution >= 0.6 is 11.3 Å². The standard InChI is InChI=1S/C15H14F3NOS/c1-2-19(9-13-4-3-7-21-13)12-6-5-11(10-20)14(8-12)15(16,17)18/h3-8,10H,2,9H2,1H3. The molecule has 112 valence electrons. The summed E-state index contributed by atoms with van der Waals surface area (Å²) in [5.74, 6) is 0. The molecule has 0 N–H and O–H groups in total. The lowest BCUT2D eigenvalue weighted by molar-refractivity contribution is -0.137. The number of thiophene rings is 1. The summed E-state index contributed by atoms with van der Waals surface area (Å²) in [5, 5.41) is 1.93. The van der Waals surface area contributed by atoms with Crippen molar-refractivity contribution in [3.05, 3.63) is 51.7 Å². The molecular weight excluding hydrogens is 299 g/mol. The minimum Gasteiger partial charge on any atom is -0.367 e. The zero-order chi connectivity index (χ0) is 15.5. The van der Waals surface area contributed by atoms with Crippen molar-refractivity contribution in [3.63, 3.8) is 0 Å². The van der Waals surface area contributed by atoms with Crippen LogP contribution in [0.15, 0.2) is 35.7 Å². The van der Waals surface area contributed by atoms with Crippen LogP contribution < -0.4 is 4.90 Å². The van der Waals surface area contributed by atoms with Crippen molar-refractivity contribution in [2.45, 2.75) is 19.6 Å². The molecule has 2 nitrogen and oxygen atoms in total. The Morgan fingerprint density at radius 2 is 2.05 bits per heavy atom. The number of benzene rings is 1. The van der Waals surface area contributed by atoms with E-state index >= 15 is 0 Å². The molecule has 0 radical (unpaired) electrons. The van der Waals surface area contributed by atoms with E-state index in [2.05, 4.69) is 0 Å². The number of hydrogen-bond donors (Lipinski definition) is 0. The van der Waals surface area contributed by atoms with Gasteiger partial charge in [0.25, 0.3) is 0 Å². The second-order valence-electron chi connectivity index (χ2n) is 4.48. The van der Waals surface area contributed by atoms with Gasteiger partial charge in [0, 0.05) is 22.7 Å². The molecule has 2 rings (SSSR count). The molecule has 0 amide bonds. The van der Waals surface area contributed by atoms with Crippen LogP contribution in [-0.4, -0.2) is 12.8 Å². The number of carbonyl (C=O) groups is 1. The zero-order valence-electron chi connectivity index (χ0n) is 11.4. The summed E-state index contributed by atoms with van der Waals surface area (Å²) in [6.07, 6.45) is -4.29. The van der Waals surface area contributed by atoms with E-state index in [1.165, 1.54) is 6.07 Å². The maximum atomic E-state index is 13.0. The Balaban J connectivity index is 2.36. The first-order valence-corrected chi connectivity index (χ1v) is 7.27. The molecule has 0 saturated carbocycles. The molecule has 0 saturated heterocycles. The molecule has 0 aliphatic heterocycles. The maximum absolute atomic E-state index is 13.0. The average Bonchev–Trinajstić information content (AvgIpc) is 2.96. The summed E-state index contributed by atoms with van der Waals surface area (Å²) < 4.78 is 39.0. The van der Waals surface area contributed by atoms with Crippen molar-refractivity contribution in [1.29, 1.82) is 0 Å². The number of halogens is 3. The molecule has 0 atom stereocenters. The van der Waals surface area contributed by atoms with Crippen molar-refractivity contribution in [3.8, 4) is 0 Å². The molecule has 1 aromatic heterocycles. The van der Waals surface area contributed by atoms with Crippen LogP contribution in [-0.2, 0) is 12.7 Å². The molecule has 0 spiro atoms. The minimum atomic E-state index is -4.53. The van der Waals surface area contributed by atoms with Gasteiger partial charge in [0.1, 0.15) is 0 Å². The van der Waals surface area contributed by atoms with Gasteiger partial charge in [0.15, 0.2) is 6.29 Å². The lowest BCUT2D eigenvalue weighted by Gasteiger charge is -2.24. The van der Waals surface area contributed by atoms with Crippen LogP contribution in [0.2, 0.25) is 0 Å². The average molecular weight is 313 g/mol. The largest absolute Gasteiger partial charge is 0.417 e. The smallest absolute Gasteiger partial charge is 0.367 e. The zero-order valence-corrected chi connectivity index (χ0v) is 12.2. The molecule has 0 unspecified atom stereocenters. The van der Waals surface area contributed by atoms with E-state index in [0.717, 1.165) is 10.9 Å². The van der Waals surface area contributed by atoms with Gasteiger partial charge in [-0.05, 0) is 36.6 Å². The van der Waals surface area contributed by atoms with Gasteiger partial charge in [0.2, 0.25) is 0 Å². The van der Waals surface area contributed by atoms with Crippen molar-refractivity contribution in [2.75, 3.05) is 11.4 Å².